The molecular weight excluding hydrogens is 316 g/mol. The van der Waals surface area contributed by atoms with Crippen LogP contribution in [-0.2, 0) is 16.0 Å². The molecule has 2 atom stereocenters. The normalized spacial score (nSPS) is 20.6. The number of ether oxygens (including phenoxy) is 1. The van der Waals surface area contributed by atoms with E-state index in [1.165, 1.54) is 0 Å². The summed E-state index contributed by atoms with van der Waals surface area (Å²) in [4.78, 5) is 20.3. The number of imidazole rings is 1. The molecule has 0 bridgehead atoms. The summed E-state index contributed by atoms with van der Waals surface area (Å²) in [5.41, 5.74) is 3.13. The van der Waals surface area contributed by atoms with Crippen LogP contribution in [-0.4, -0.2) is 33.5 Å². The molecule has 1 aliphatic rings. The minimum absolute atomic E-state index is 0.169. The summed E-state index contributed by atoms with van der Waals surface area (Å²) in [7, 11) is 0. The number of aldehydes is 1. The molecule has 0 saturated carbocycles. The van der Waals surface area contributed by atoms with E-state index in [9.17, 15) is 10.1 Å². The fraction of sp³-hybridized carbons (Fsp3) is 0.368. The fourth-order valence-electron chi connectivity index (χ4n) is 3.72. The smallest absolute Gasteiger partial charge is 0.127 e. The molecule has 6 heteroatoms. The van der Waals surface area contributed by atoms with Gasteiger partial charge in [-0.3, -0.25) is 4.98 Å². The van der Waals surface area contributed by atoms with Crippen LogP contribution in [0.5, 0.6) is 0 Å². The number of rotatable bonds is 3. The molecule has 1 aromatic carbocycles. The maximum Gasteiger partial charge on any atom is 0.127 e. The first-order valence-corrected chi connectivity index (χ1v) is 8.46. The number of nitrogens with zero attached hydrogens (tertiary/aromatic N) is 4. The second-order valence-corrected chi connectivity index (χ2v) is 6.46. The molecule has 6 nitrogen and oxygen atoms in total. The molecule has 0 aliphatic carbocycles. The van der Waals surface area contributed by atoms with Gasteiger partial charge in [0.1, 0.15) is 17.6 Å². The minimum Gasteiger partial charge on any atom is -0.378 e. The van der Waals surface area contributed by atoms with Crippen molar-refractivity contribution in [3.05, 3.63) is 35.8 Å². The average molecular weight is 334 g/mol. The minimum atomic E-state index is 0.169. The quantitative estimate of drug-likeness (QED) is 0.688. The number of carbonyl (C=O) groups is 1. The lowest BCUT2D eigenvalue weighted by Gasteiger charge is -2.30. The van der Waals surface area contributed by atoms with Crippen LogP contribution in [0, 0.1) is 11.3 Å². The van der Waals surface area contributed by atoms with Crippen molar-refractivity contribution in [3.8, 4) is 6.07 Å². The predicted molar refractivity (Wildman–Crippen MR) is 93.2 cm³/mol. The Hall–Kier alpha value is -2.78. The Morgan fingerprint density at radius 1 is 1.44 bits per heavy atom. The Balaban J connectivity index is 2.02. The average Bonchev–Trinajstić information content (AvgIpc) is 3.00. The molecule has 0 spiro atoms. The van der Waals surface area contributed by atoms with Gasteiger partial charge in [-0.25, -0.2) is 4.98 Å². The van der Waals surface area contributed by atoms with Crippen molar-refractivity contribution in [1.29, 1.82) is 5.26 Å². The largest absolute Gasteiger partial charge is 0.378 e. The van der Waals surface area contributed by atoms with Crippen LogP contribution in [0.3, 0.4) is 0 Å². The van der Waals surface area contributed by atoms with Gasteiger partial charge in [0.2, 0.25) is 0 Å². The van der Waals surface area contributed by atoms with Crippen molar-refractivity contribution in [2.45, 2.75) is 38.3 Å². The second-order valence-electron chi connectivity index (χ2n) is 6.46. The Morgan fingerprint density at radius 3 is 3.08 bits per heavy atom. The predicted octanol–water partition coefficient (Wildman–Crippen LogP) is 2.94. The van der Waals surface area contributed by atoms with E-state index in [4.69, 9.17) is 4.74 Å². The van der Waals surface area contributed by atoms with Gasteiger partial charge >= 0.3 is 0 Å². The van der Waals surface area contributed by atoms with E-state index < -0.39 is 0 Å². The number of carbonyl (C=O) groups excluding carboxylic acids is 1. The zero-order chi connectivity index (χ0) is 17.4. The molecule has 1 saturated heterocycles. The molecule has 4 rings (SSSR count). The first-order valence-electron chi connectivity index (χ1n) is 8.46. The van der Waals surface area contributed by atoms with Gasteiger partial charge in [0.05, 0.1) is 41.4 Å². The highest BCUT2D eigenvalue weighted by atomic mass is 16.5. The number of fused-ring (bicyclic) bond motifs is 3. The molecule has 25 heavy (non-hydrogen) atoms. The zero-order valence-corrected chi connectivity index (χ0v) is 14.0. The third-order valence-corrected chi connectivity index (χ3v) is 4.81. The Labute approximate surface area is 145 Å². The highest BCUT2D eigenvalue weighted by Gasteiger charge is 2.26. The molecule has 3 heterocycles. The van der Waals surface area contributed by atoms with E-state index in [0.717, 1.165) is 46.9 Å². The summed E-state index contributed by atoms with van der Waals surface area (Å²) in [5.74, 6) is 0.751. The van der Waals surface area contributed by atoms with Crippen LogP contribution in [0.25, 0.3) is 21.9 Å². The third-order valence-electron chi connectivity index (χ3n) is 4.81. The molecule has 3 aromatic rings. The van der Waals surface area contributed by atoms with Crippen LogP contribution in [0.15, 0.2) is 24.4 Å². The lowest BCUT2D eigenvalue weighted by Crippen LogP contribution is -2.26. The summed E-state index contributed by atoms with van der Waals surface area (Å²) < 4.78 is 7.86. The van der Waals surface area contributed by atoms with Crippen molar-refractivity contribution in [2.24, 2.45) is 0 Å². The molecule has 0 radical (unpaired) electrons. The Bertz CT molecular complexity index is 1000. The van der Waals surface area contributed by atoms with Gasteiger partial charge in [-0.15, -0.1) is 0 Å². The lowest BCUT2D eigenvalue weighted by atomic mass is 10.0. The number of hydrogen-bond donors (Lipinski definition) is 0. The summed E-state index contributed by atoms with van der Waals surface area (Å²) in [6, 6.07) is 7.89. The van der Waals surface area contributed by atoms with Crippen molar-refractivity contribution in [3.63, 3.8) is 0 Å². The Morgan fingerprint density at radius 2 is 2.32 bits per heavy atom. The topological polar surface area (TPSA) is 80.8 Å². The standard InChI is InChI=1S/C19H18N4O2/c1-12-8-14(5-7-25-12)23-18(4-6-24)22-17-11-21-16-3-2-13(10-20)9-15(16)19(17)23/h2-3,6,9,11-12,14H,4-5,7-8H2,1H3. The molecule has 1 fully saturated rings. The molecule has 2 aromatic heterocycles. The molecule has 2 unspecified atom stereocenters. The summed E-state index contributed by atoms with van der Waals surface area (Å²) in [6.45, 7) is 2.76. The molecule has 1 aliphatic heterocycles. The first-order chi connectivity index (χ1) is 12.2. The summed E-state index contributed by atoms with van der Waals surface area (Å²) in [5, 5.41) is 10.2. The molecule has 126 valence electrons. The van der Waals surface area contributed by atoms with E-state index in [1.807, 2.05) is 12.1 Å². The molecular formula is C19H18N4O2. The van der Waals surface area contributed by atoms with Gasteiger partial charge < -0.3 is 14.1 Å². The van der Waals surface area contributed by atoms with Crippen molar-refractivity contribution in [2.75, 3.05) is 6.61 Å². The SMILES string of the molecule is CC1CC(n2c(CC=O)nc3cnc4ccc(C#N)cc4c32)CCO1. The highest BCUT2D eigenvalue weighted by Crippen LogP contribution is 2.33. The molecule has 0 N–H and O–H groups in total. The van der Waals surface area contributed by atoms with Gasteiger partial charge in [0, 0.05) is 18.0 Å². The van der Waals surface area contributed by atoms with Crippen LogP contribution >= 0.6 is 0 Å². The van der Waals surface area contributed by atoms with Gasteiger partial charge in [-0.2, -0.15) is 5.26 Å². The number of hydrogen-bond acceptors (Lipinski definition) is 5. The van der Waals surface area contributed by atoms with Crippen molar-refractivity contribution < 1.29 is 9.53 Å². The van der Waals surface area contributed by atoms with Gasteiger partial charge in [-0.05, 0) is 38.0 Å². The lowest BCUT2D eigenvalue weighted by molar-refractivity contribution is -0.107. The second kappa shape index (κ2) is 6.26. The van der Waals surface area contributed by atoms with Crippen LogP contribution in [0.2, 0.25) is 0 Å². The fourth-order valence-corrected chi connectivity index (χ4v) is 3.72. The van der Waals surface area contributed by atoms with Crippen LogP contribution in [0.4, 0.5) is 0 Å². The third kappa shape index (κ3) is 2.67. The number of pyridine rings is 1. The van der Waals surface area contributed by atoms with Crippen LogP contribution in [0.1, 0.15) is 37.2 Å². The van der Waals surface area contributed by atoms with Gasteiger partial charge in [0.15, 0.2) is 0 Å². The number of benzene rings is 1. The van der Waals surface area contributed by atoms with Crippen molar-refractivity contribution >= 4 is 28.2 Å². The highest BCUT2D eigenvalue weighted by molar-refractivity contribution is 6.03. The van der Waals surface area contributed by atoms with E-state index in [-0.39, 0.29) is 18.6 Å². The van der Waals surface area contributed by atoms with E-state index in [2.05, 4.69) is 27.5 Å². The first kappa shape index (κ1) is 15.7. The Kier molecular flexibility index (Phi) is 3.94. The number of nitriles is 1. The maximum atomic E-state index is 11.2. The van der Waals surface area contributed by atoms with Crippen LogP contribution < -0.4 is 0 Å². The zero-order valence-electron chi connectivity index (χ0n) is 14.0. The van der Waals surface area contributed by atoms with Crippen molar-refractivity contribution in [1.82, 2.24) is 14.5 Å². The monoisotopic (exact) mass is 334 g/mol. The molecule has 0 amide bonds. The maximum absolute atomic E-state index is 11.2. The van der Waals surface area contributed by atoms with E-state index >= 15 is 0 Å². The van der Waals surface area contributed by atoms with E-state index in [0.29, 0.717) is 12.2 Å². The summed E-state index contributed by atoms with van der Waals surface area (Å²) in [6.07, 6.45) is 4.82. The van der Waals surface area contributed by atoms with Gasteiger partial charge in [-0.1, -0.05) is 0 Å². The van der Waals surface area contributed by atoms with Gasteiger partial charge in [0.25, 0.3) is 0 Å². The van der Waals surface area contributed by atoms with E-state index in [1.54, 1.807) is 12.3 Å². The number of aromatic nitrogens is 3. The summed E-state index contributed by atoms with van der Waals surface area (Å²) >= 11 is 0.